The summed E-state index contributed by atoms with van der Waals surface area (Å²) < 4.78 is 10.7. The number of carbonyl (C=O) groups excluding carboxylic acids is 2. The lowest BCUT2D eigenvalue weighted by Gasteiger charge is -2.21. The Morgan fingerprint density at radius 2 is 1.97 bits per heavy atom. The van der Waals surface area contributed by atoms with Crippen LogP contribution in [0.2, 0.25) is 0 Å². The predicted octanol–water partition coefficient (Wildman–Crippen LogP) is 3.38. The molecule has 2 aliphatic rings. The zero-order valence-electron chi connectivity index (χ0n) is 16.8. The Morgan fingerprint density at radius 3 is 2.76 bits per heavy atom. The van der Waals surface area contributed by atoms with Gasteiger partial charge in [-0.05, 0) is 62.4 Å². The minimum absolute atomic E-state index is 0.0532. The zero-order valence-corrected chi connectivity index (χ0v) is 17.6. The van der Waals surface area contributed by atoms with Gasteiger partial charge in [-0.25, -0.2) is 0 Å². The highest BCUT2D eigenvalue weighted by Gasteiger charge is 2.28. The van der Waals surface area contributed by atoms with E-state index < -0.39 is 0 Å². The van der Waals surface area contributed by atoms with Gasteiger partial charge < -0.3 is 19.7 Å². The summed E-state index contributed by atoms with van der Waals surface area (Å²) in [5, 5.41) is 3.05. The third kappa shape index (κ3) is 4.10. The average Bonchev–Trinajstić information content (AvgIpc) is 3.38. The maximum Gasteiger partial charge on any atom is 0.263 e. The lowest BCUT2D eigenvalue weighted by molar-refractivity contribution is -0.125. The van der Waals surface area contributed by atoms with Crippen LogP contribution in [0.4, 0.5) is 0 Å². The number of benzene rings is 1. The number of thiophene rings is 1. The van der Waals surface area contributed by atoms with Crippen LogP contribution in [0.15, 0.2) is 24.3 Å². The van der Waals surface area contributed by atoms with E-state index in [4.69, 9.17) is 9.47 Å². The molecule has 0 unspecified atom stereocenters. The summed E-state index contributed by atoms with van der Waals surface area (Å²) in [4.78, 5) is 29.2. The first-order valence-electron chi connectivity index (χ1n) is 10.2. The predicted molar refractivity (Wildman–Crippen MR) is 111 cm³/mol. The van der Waals surface area contributed by atoms with Crippen LogP contribution >= 0.6 is 11.3 Å². The normalized spacial score (nSPS) is 17.0. The van der Waals surface area contributed by atoms with E-state index in [1.165, 1.54) is 4.88 Å². The molecule has 1 aliphatic heterocycles. The van der Waals surface area contributed by atoms with Crippen molar-refractivity contribution in [3.63, 3.8) is 0 Å². The smallest absolute Gasteiger partial charge is 0.263 e. The van der Waals surface area contributed by atoms with Gasteiger partial charge in [-0.1, -0.05) is 6.07 Å². The maximum absolute atomic E-state index is 12.7. The summed E-state index contributed by atoms with van der Waals surface area (Å²) in [5.41, 5.74) is 2.14. The Bertz CT molecular complexity index is 920. The van der Waals surface area contributed by atoms with Crippen LogP contribution in [0, 0.1) is 5.92 Å². The molecule has 2 heterocycles. The fourth-order valence-electron chi connectivity index (χ4n) is 3.90. The number of hydrogen-bond donors (Lipinski definition) is 1. The summed E-state index contributed by atoms with van der Waals surface area (Å²) in [6.45, 7) is 6.12. The minimum atomic E-state index is -0.0532. The fraction of sp³-hybridized carbons (Fsp3) is 0.455. The zero-order chi connectivity index (χ0) is 20.4. The third-order valence-electron chi connectivity index (χ3n) is 5.62. The second kappa shape index (κ2) is 8.45. The van der Waals surface area contributed by atoms with Gasteiger partial charge in [0.25, 0.3) is 5.91 Å². The molecule has 0 spiro atoms. The van der Waals surface area contributed by atoms with Crippen LogP contribution < -0.4 is 14.8 Å². The number of carbonyl (C=O) groups is 2. The molecular formula is C22H26N2O4S. The molecule has 0 saturated heterocycles. The molecule has 1 atom stereocenters. The lowest BCUT2D eigenvalue weighted by atomic mass is 9.87. The number of hydrogen-bond acceptors (Lipinski definition) is 5. The molecule has 0 radical (unpaired) electrons. The van der Waals surface area contributed by atoms with E-state index in [-0.39, 0.29) is 24.5 Å². The largest absolute Gasteiger partial charge is 0.454 e. The van der Waals surface area contributed by atoms with Gasteiger partial charge in [0.15, 0.2) is 11.5 Å². The van der Waals surface area contributed by atoms with E-state index in [1.807, 2.05) is 43.0 Å². The van der Waals surface area contributed by atoms with Crippen LogP contribution in [0.3, 0.4) is 0 Å². The molecule has 1 aromatic heterocycles. The van der Waals surface area contributed by atoms with Crippen molar-refractivity contribution in [1.82, 2.24) is 10.2 Å². The van der Waals surface area contributed by atoms with E-state index in [1.54, 1.807) is 11.3 Å². The van der Waals surface area contributed by atoms with Crippen molar-refractivity contribution in [2.24, 2.45) is 5.92 Å². The minimum Gasteiger partial charge on any atom is -0.454 e. The lowest BCUT2D eigenvalue weighted by Crippen LogP contribution is -2.33. The van der Waals surface area contributed by atoms with Crippen molar-refractivity contribution < 1.29 is 19.1 Å². The van der Waals surface area contributed by atoms with Crippen molar-refractivity contribution in [3.05, 3.63) is 45.1 Å². The number of rotatable bonds is 6. The molecular weight excluding hydrogens is 388 g/mol. The monoisotopic (exact) mass is 414 g/mol. The SMILES string of the molecule is CCN(CC)C(=O)c1cc2c(s1)CC[C@@H](C(=O)NCc1ccc3c(c1)OCO3)C2. The van der Waals surface area contributed by atoms with E-state index in [0.717, 1.165) is 40.3 Å². The molecule has 1 aliphatic carbocycles. The number of amides is 2. The van der Waals surface area contributed by atoms with Crippen LogP contribution in [0.25, 0.3) is 0 Å². The number of fused-ring (bicyclic) bond motifs is 2. The van der Waals surface area contributed by atoms with Gasteiger partial charge in [0.05, 0.1) is 4.88 Å². The van der Waals surface area contributed by atoms with Gasteiger partial charge in [-0.3, -0.25) is 9.59 Å². The summed E-state index contributed by atoms with van der Waals surface area (Å²) in [6.07, 6.45) is 2.37. The van der Waals surface area contributed by atoms with E-state index in [2.05, 4.69) is 5.32 Å². The number of ether oxygens (including phenoxy) is 2. The highest BCUT2D eigenvalue weighted by molar-refractivity contribution is 7.14. The van der Waals surface area contributed by atoms with Crippen LogP contribution in [-0.4, -0.2) is 36.6 Å². The first-order chi connectivity index (χ1) is 14.1. The molecule has 0 fully saturated rings. The van der Waals surface area contributed by atoms with Gasteiger partial charge in [-0.15, -0.1) is 11.3 Å². The van der Waals surface area contributed by atoms with Gasteiger partial charge >= 0.3 is 0 Å². The standard InChI is InChI=1S/C22H26N2O4S/c1-3-24(4-2)22(26)20-11-16-10-15(6-8-19(16)29-20)21(25)23-12-14-5-7-17-18(9-14)28-13-27-17/h5,7,9,11,15H,3-4,6,8,10,12-13H2,1-2H3,(H,23,25)/t15-/m1/s1. The van der Waals surface area contributed by atoms with E-state index in [0.29, 0.717) is 26.1 Å². The van der Waals surface area contributed by atoms with Crippen molar-refractivity contribution in [2.75, 3.05) is 19.9 Å². The Balaban J connectivity index is 1.36. The average molecular weight is 415 g/mol. The highest BCUT2D eigenvalue weighted by Crippen LogP contribution is 2.34. The Hall–Kier alpha value is -2.54. The fourth-order valence-corrected chi connectivity index (χ4v) is 5.08. The Morgan fingerprint density at radius 1 is 1.17 bits per heavy atom. The van der Waals surface area contributed by atoms with E-state index in [9.17, 15) is 9.59 Å². The molecule has 2 aromatic rings. The first-order valence-corrected chi connectivity index (χ1v) is 11.0. The molecule has 6 nitrogen and oxygen atoms in total. The second-order valence-corrected chi connectivity index (χ2v) is 8.52. The van der Waals surface area contributed by atoms with Gasteiger partial charge in [0.1, 0.15) is 0 Å². The molecule has 0 bridgehead atoms. The van der Waals surface area contributed by atoms with Gasteiger partial charge in [-0.2, -0.15) is 0 Å². The molecule has 1 N–H and O–H groups in total. The van der Waals surface area contributed by atoms with Crippen molar-refractivity contribution in [1.29, 1.82) is 0 Å². The molecule has 4 rings (SSSR count). The van der Waals surface area contributed by atoms with Crippen LogP contribution in [0.5, 0.6) is 11.5 Å². The highest BCUT2D eigenvalue weighted by atomic mass is 32.1. The summed E-state index contributed by atoms with van der Waals surface area (Å²) >= 11 is 1.59. The molecule has 1 aromatic carbocycles. The number of nitrogens with one attached hydrogen (secondary N) is 1. The topological polar surface area (TPSA) is 67.9 Å². The molecule has 2 amide bonds. The Labute approximate surface area is 174 Å². The number of aryl methyl sites for hydroxylation is 1. The van der Waals surface area contributed by atoms with Crippen molar-refractivity contribution in [2.45, 2.75) is 39.7 Å². The number of nitrogens with zero attached hydrogens (tertiary/aromatic N) is 1. The molecule has 29 heavy (non-hydrogen) atoms. The first kappa shape index (κ1) is 19.8. The van der Waals surface area contributed by atoms with Crippen molar-refractivity contribution >= 4 is 23.2 Å². The van der Waals surface area contributed by atoms with Crippen LogP contribution in [-0.2, 0) is 24.2 Å². The van der Waals surface area contributed by atoms with Gasteiger partial charge in [0.2, 0.25) is 12.7 Å². The van der Waals surface area contributed by atoms with Gasteiger partial charge in [0, 0.05) is 30.4 Å². The third-order valence-corrected chi connectivity index (χ3v) is 6.84. The second-order valence-electron chi connectivity index (χ2n) is 7.38. The van der Waals surface area contributed by atoms with Crippen molar-refractivity contribution in [3.8, 4) is 11.5 Å². The Kier molecular flexibility index (Phi) is 5.76. The summed E-state index contributed by atoms with van der Waals surface area (Å²) in [5.74, 6) is 1.58. The summed E-state index contributed by atoms with van der Waals surface area (Å²) in [7, 11) is 0. The maximum atomic E-state index is 12.7. The van der Waals surface area contributed by atoms with E-state index >= 15 is 0 Å². The molecule has 154 valence electrons. The molecule has 7 heteroatoms. The van der Waals surface area contributed by atoms with Crippen LogP contribution in [0.1, 0.15) is 45.9 Å². The summed E-state index contributed by atoms with van der Waals surface area (Å²) in [6, 6.07) is 7.72. The quantitative estimate of drug-likeness (QED) is 0.787. The molecule has 0 saturated carbocycles.